The maximum Gasteiger partial charge on any atom is 0.257 e. The first-order valence-electron chi connectivity index (χ1n) is 6.82. The summed E-state index contributed by atoms with van der Waals surface area (Å²) in [6.45, 7) is 0.562. The summed E-state index contributed by atoms with van der Waals surface area (Å²) in [7, 11) is 1.78. The summed E-state index contributed by atoms with van der Waals surface area (Å²) in [5.41, 5.74) is 1.28. The Morgan fingerprint density at radius 3 is 2.91 bits per heavy atom. The third kappa shape index (κ3) is 3.65. The van der Waals surface area contributed by atoms with Crippen LogP contribution >= 0.6 is 38.9 Å². The second-order valence-electron chi connectivity index (χ2n) is 5.02. The summed E-state index contributed by atoms with van der Waals surface area (Å²) in [4.78, 5) is 15.3. The molecule has 118 valence electrons. The van der Waals surface area contributed by atoms with E-state index in [4.69, 9.17) is 11.6 Å². The summed E-state index contributed by atoms with van der Waals surface area (Å²) in [6, 6.07) is 9.40. The van der Waals surface area contributed by atoms with Crippen molar-refractivity contribution < 1.29 is 4.79 Å². The summed E-state index contributed by atoms with van der Waals surface area (Å²) >= 11 is 11.2. The van der Waals surface area contributed by atoms with Crippen molar-refractivity contribution in [1.82, 2.24) is 14.7 Å². The van der Waals surface area contributed by atoms with Crippen molar-refractivity contribution >= 4 is 44.8 Å². The van der Waals surface area contributed by atoms with E-state index >= 15 is 0 Å². The molecule has 4 nitrogen and oxygen atoms in total. The van der Waals surface area contributed by atoms with E-state index in [2.05, 4.69) is 21.0 Å². The number of hydrogen-bond acceptors (Lipinski definition) is 3. The molecule has 0 radical (unpaired) electrons. The Bertz CT molecular complexity index is 845. The molecule has 0 spiro atoms. The van der Waals surface area contributed by atoms with E-state index in [-0.39, 0.29) is 5.91 Å². The smallest absolute Gasteiger partial charge is 0.257 e. The van der Waals surface area contributed by atoms with E-state index in [0.29, 0.717) is 17.1 Å². The SMILES string of the molecule is CN(Cc1cc(Br)cs1)C(=O)c1cnn(-c2ccccc2Cl)c1. The van der Waals surface area contributed by atoms with Gasteiger partial charge in [-0.25, -0.2) is 4.68 Å². The van der Waals surface area contributed by atoms with E-state index in [9.17, 15) is 4.79 Å². The first-order chi connectivity index (χ1) is 11.0. The molecule has 0 fully saturated rings. The number of rotatable bonds is 4. The Labute approximate surface area is 151 Å². The molecule has 3 aromatic rings. The molecular formula is C16H13BrClN3OS. The van der Waals surface area contributed by atoms with E-state index in [1.54, 1.807) is 46.4 Å². The summed E-state index contributed by atoms with van der Waals surface area (Å²) < 4.78 is 2.65. The van der Waals surface area contributed by atoms with Gasteiger partial charge in [-0.05, 0) is 34.1 Å². The topological polar surface area (TPSA) is 38.1 Å². The zero-order valence-corrected chi connectivity index (χ0v) is 15.4. The third-order valence-corrected chi connectivity index (χ3v) is 5.29. The number of carbonyl (C=O) groups is 1. The van der Waals surface area contributed by atoms with Crippen molar-refractivity contribution in [1.29, 1.82) is 0 Å². The monoisotopic (exact) mass is 409 g/mol. The minimum absolute atomic E-state index is 0.0761. The summed E-state index contributed by atoms with van der Waals surface area (Å²) in [6.07, 6.45) is 3.26. The number of carbonyl (C=O) groups excluding carboxylic acids is 1. The van der Waals surface area contributed by atoms with Crippen LogP contribution in [0.2, 0.25) is 5.02 Å². The number of para-hydroxylation sites is 1. The Balaban J connectivity index is 1.77. The minimum Gasteiger partial charge on any atom is -0.336 e. The fourth-order valence-electron chi connectivity index (χ4n) is 2.17. The van der Waals surface area contributed by atoms with Crippen LogP contribution in [-0.2, 0) is 6.54 Å². The molecule has 1 aromatic carbocycles. The maximum atomic E-state index is 12.5. The fraction of sp³-hybridized carbons (Fsp3) is 0.125. The van der Waals surface area contributed by atoms with Gasteiger partial charge in [-0.3, -0.25) is 4.79 Å². The van der Waals surface area contributed by atoms with Gasteiger partial charge in [0.25, 0.3) is 5.91 Å². The zero-order valence-electron chi connectivity index (χ0n) is 12.2. The van der Waals surface area contributed by atoms with Crippen LogP contribution < -0.4 is 0 Å². The third-order valence-electron chi connectivity index (χ3n) is 3.29. The Kier molecular flexibility index (Phi) is 4.84. The number of benzene rings is 1. The highest BCUT2D eigenvalue weighted by Gasteiger charge is 2.16. The number of halogens is 2. The minimum atomic E-state index is -0.0761. The molecule has 0 aliphatic carbocycles. The van der Waals surface area contributed by atoms with Crippen LogP contribution in [0.15, 0.2) is 52.6 Å². The molecule has 0 unspecified atom stereocenters. The van der Waals surface area contributed by atoms with Crippen molar-refractivity contribution in [3.8, 4) is 5.69 Å². The second kappa shape index (κ2) is 6.86. The van der Waals surface area contributed by atoms with E-state index < -0.39 is 0 Å². The van der Waals surface area contributed by atoms with E-state index in [1.165, 1.54) is 0 Å². The molecule has 0 atom stereocenters. The Hall–Kier alpha value is -1.63. The predicted molar refractivity (Wildman–Crippen MR) is 96.4 cm³/mol. The molecule has 2 heterocycles. The standard InChI is InChI=1S/C16H13BrClN3OS/c1-20(9-13-6-12(17)10-23-13)16(22)11-7-19-21(8-11)15-5-3-2-4-14(15)18/h2-8,10H,9H2,1H3. The highest BCUT2D eigenvalue weighted by atomic mass is 79.9. The molecule has 1 amide bonds. The lowest BCUT2D eigenvalue weighted by molar-refractivity contribution is 0.0786. The van der Waals surface area contributed by atoms with Gasteiger partial charge in [0.15, 0.2) is 0 Å². The average molecular weight is 411 g/mol. The molecule has 3 rings (SSSR count). The summed E-state index contributed by atoms with van der Waals surface area (Å²) in [5, 5.41) is 6.83. The number of amides is 1. The molecule has 0 N–H and O–H groups in total. The quantitative estimate of drug-likeness (QED) is 0.629. The van der Waals surface area contributed by atoms with Crippen molar-refractivity contribution in [2.45, 2.75) is 6.54 Å². The molecule has 23 heavy (non-hydrogen) atoms. The summed E-state index contributed by atoms with van der Waals surface area (Å²) in [5.74, 6) is -0.0761. The van der Waals surface area contributed by atoms with Crippen molar-refractivity contribution in [3.05, 3.63) is 68.0 Å². The zero-order chi connectivity index (χ0) is 16.4. The van der Waals surface area contributed by atoms with Crippen molar-refractivity contribution in [3.63, 3.8) is 0 Å². The van der Waals surface area contributed by atoms with Crippen LogP contribution in [0.3, 0.4) is 0 Å². The molecule has 7 heteroatoms. The van der Waals surface area contributed by atoms with Crippen molar-refractivity contribution in [2.75, 3.05) is 7.05 Å². The molecule has 0 aliphatic heterocycles. The normalized spacial score (nSPS) is 10.7. The number of aromatic nitrogens is 2. The molecule has 0 aliphatic rings. The Morgan fingerprint density at radius 2 is 2.22 bits per heavy atom. The van der Waals surface area contributed by atoms with Gasteiger partial charge in [-0.2, -0.15) is 5.10 Å². The molecule has 0 saturated heterocycles. The number of nitrogens with zero attached hydrogens (tertiary/aromatic N) is 3. The second-order valence-corrected chi connectivity index (χ2v) is 7.34. The van der Waals surface area contributed by atoms with E-state index in [0.717, 1.165) is 15.0 Å². The van der Waals surface area contributed by atoms with Gasteiger partial charge in [-0.1, -0.05) is 23.7 Å². The van der Waals surface area contributed by atoms with Crippen molar-refractivity contribution in [2.24, 2.45) is 0 Å². The lowest BCUT2D eigenvalue weighted by Crippen LogP contribution is -2.25. The molecule has 0 saturated carbocycles. The first-order valence-corrected chi connectivity index (χ1v) is 8.87. The number of hydrogen-bond donors (Lipinski definition) is 0. The van der Waals surface area contributed by atoms with Gasteiger partial charge in [0.05, 0.1) is 29.0 Å². The number of thiophene rings is 1. The van der Waals surface area contributed by atoms with Gasteiger partial charge in [0.2, 0.25) is 0 Å². The molecule has 2 aromatic heterocycles. The van der Waals surface area contributed by atoms with E-state index in [1.807, 2.05) is 29.6 Å². The molecule has 0 bridgehead atoms. The average Bonchev–Trinajstić information content (AvgIpc) is 3.16. The van der Waals surface area contributed by atoms with Crippen LogP contribution in [0.4, 0.5) is 0 Å². The van der Waals surface area contributed by atoms with Gasteiger partial charge in [-0.15, -0.1) is 11.3 Å². The predicted octanol–water partition coefficient (Wildman–Crippen LogP) is 4.62. The van der Waals surface area contributed by atoms with Crippen LogP contribution in [0.1, 0.15) is 15.2 Å². The van der Waals surface area contributed by atoms with Crippen LogP contribution in [0, 0.1) is 0 Å². The van der Waals surface area contributed by atoms with Crippen LogP contribution in [0.25, 0.3) is 5.69 Å². The first kappa shape index (κ1) is 16.2. The fourth-order valence-corrected chi connectivity index (χ4v) is 3.89. The van der Waals surface area contributed by atoms with Gasteiger partial charge < -0.3 is 4.90 Å². The lowest BCUT2D eigenvalue weighted by Gasteiger charge is -2.14. The molecular weight excluding hydrogens is 398 g/mol. The Morgan fingerprint density at radius 1 is 1.43 bits per heavy atom. The van der Waals surface area contributed by atoms with Gasteiger partial charge in [0.1, 0.15) is 0 Å². The van der Waals surface area contributed by atoms with Crippen LogP contribution in [0.5, 0.6) is 0 Å². The highest BCUT2D eigenvalue weighted by molar-refractivity contribution is 9.10. The van der Waals surface area contributed by atoms with Gasteiger partial charge >= 0.3 is 0 Å². The van der Waals surface area contributed by atoms with Crippen LogP contribution in [-0.4, -0.2) is 27.6 Å². The van der Waals surface area contributed by atoms with Gasteiger partial charge in [0, 0.05) is 28.0 Å². The maximum absolute atomic E-state index is 12.5. The largest absolute Gasteiger partial charge is 0.336 e. The lowest BCUT2D eigenvalue weighted by atomic mass is 10.3. The highest BCUT2D eigenvalue weighted by Crippen LogP contribution is 2.22.